The summed E-state index contributed by atoms with van der Waals surface area (Å²) in [5, 5.41) is 0. The minimum absolute atomic E-state index is 0.182. The monoisotopic (exact) mass is 398 g/mol. The lowest BCUT2D eigenvalue weighted by Crippen LogP contribution is -2.46. The van der Waals surface area contributed by atoms with Gasteiger partial charge in [0.1, 0.15) is 23.0 Å². The second-order valence-corrected chi connectivity index (χ2v) is 8.31. The lowest BCUT2D eigenvalue weighted by atomic mass is 9.84. The Morgan fingerprint density at radius 2 is 0.966 bits per heavy atom. The predicted molar refractivity (Wildman–Crippen MR) is 111 cm³/mol. The molecular formula is C24H30O5. The zero-order valence-corrected chi connectivity index (χ0v) is 17.3. The first-order valence-electron chi connectivity index (χ1n) is 10.4. The van der Waals surface area contributed by atoms with E-state index in [0.29, 0.717) is 13.2 Å². The Bertz CT molecular complexity index is 697. The number of rotatable bonds is 10. The molecule has 2 aliphatic heterocycles. The normalized spacial score (nSPS) is 19.0. The van der Waals surface area contributed by atoms with Crippen molar-refractivity contribution in [3.8, 4) is 23.0 Å². The molecule has 2 aliphatic rings. The first kappa shape index (κ1) is 20.0. The quantitative estimate of drug-likeness (QED) is 0.558. The van der Waals surface area contributed by atoms with E-state index in [1.165, 1.54) is 0 Å². The molecule has 0 unspecified atom stereocenters. The van der Waals surface area contributed by atoms with Gasteiger partial charge in [-0.25, -0.2) is 0 Å². The van der Waals surface area contributed by atoms with Crippen molar-refractivity contribution in [1.29, 1.82) is 0 Å². The highest BCUT2D eigenvalue weighted by atomic mass is 16.5. The molecule has 156 valence electrons. The van der Waals surface area contributed by atoms with Crippen LogP contribution in [0.1, 0.15) is 26.7 Å². The number of hydrogen-bond donors (Lipinski definition) is 0. The van der Waals surface area contributed by atoms with E-state index in [-0.39, 0.29) is 10.8 Å². The Kier molecular flexibility index (Phi) is 5.97. The Hall–Kier alpha value is -2.24. The smallest absolute Gasteiger partial charge is 0.127 e. The fraction of sp³-hybridized carbons (Fsp3) is 0.500. The van der Waals surface area contributed by atoms with Crippen molar-refractivity contribution >= 4 is 0 Å². The lowest BCUT2D eigenvalue weighted by Gasteiger charge is -2.40. The van der Waals surface area contributed by atoms with E-state index < -0.39 is 0 Å². The average Bonchev–Trinajstić information content (AvgIpc) is 2.69. The number of ether oxygens (including phenoxy) is 5. The van der Waals surface area contributed by atoms with Crippen LogP contribution in [-0.2, 0) is 9.47 Å². The first-order valence-corrected chi connectivity index (χ1v) is 10.4. The van der Waals surface area contributed by atoms with Crippen molar-refractivity contribution in [2.45, 2.75) is 26.7 Å². The molecule has 29 heavy (non-hydrogen) atoms. The van der Waals surface area contributed by atoms with Crippen LogP contribution < -0.4 is 14.2 Å². The maximum atomic E-state index is 5.94. The van der Waals surface area contributed by atoms with Gasteiger partial charge < -0.3 is 23.7 Å². The minimum Gasteiger partial charge on any atom is -0.493 e. The van der Waals surface area contributed by atoms with E-state index in [0.717, 1.165) is 62.3 Å². The van der Waals surface area contributed by atoms with Crippen LogP contribution >= 0.6 is 0 Å². The van der Waals surface area contributed by atoms with Crippen molar-refractivity contribution in [3.05, 3.63) is 48.5 Å². The van der Waals surface area contributed by atoms with Gasteiger partial charge in [-0.15, -0.1) is 0 Å². The summed E-state index contributed by atoms with van der Waals surface area (Å²) in [5.74, 6) is 3.26. The molecule has 0 saturated carbocycles. The van der Waals surface area contributed by atoms with Crippen LogP contribution in [0.3, 0.4) is 0 Å². The molecule has 2 heterocycles. The molecule has 0 aromatic heterocycles. The van der Waals surface area contributed by atoms with Crippen molar-refractivity contribution < 1.29 is 23.7 Å². The van der Waals surface area contributed by atoms with Crippen LogP contribution in [-0.4, -0.2) is 39.6 Å². The van der Waals surface area contributed by atoms with Crippen molar-refractivity contribution in [1.82, 2.24) is 0 Å². The molecule has 2 aromatic carbocycles. The molecule has 5 nitrogen and oxygen atoms in total. The third-order valence-corrected chi connectivity index (χ3v) is 6.11. The topological polar surface area (TPSA) is 46.2 Å². The van der Waals surface area contributed by atoms with E-state index in [1.807, 2.05) is 48.5 Å². The fourth-order valence-corrected chi connectivity index (χ4v) is 3.38. The third kappa shape index (κ3) is 4.68. The molecule has 0 bridgehead atoms. The summed E-state index contributed by atoms with van der Waals surface area (Å²) in [6, 6.07) is 15.5. The van der Waals surface area contributed by atoms with E-state index in [1.54, 1.807) is 0 Å². The van der Waals surface area contributed by atoms with Crippen LogP contribution in [0.25, 0.3) is 0 Å². The van der Waals surface area contributed by atoms with Crippen LogP contribution in [0, 0.1) is 10.8 Å². The van der Waals surface area contributed by atoms with E-state index in [2.05, 4.69) is 13.8 Å². The van der Waals surface area contributed by atoms with Crippen LogP contribution in [0.2, 0.25) is 0 Å². The van der Waals surface area contributed by atoms with Crippen molar-refractivity contribution in [3.63, 3.8) is 0 Å². The Labute approximate surface area is 172 Å². The summed E-state index contributed by atoms with van der Waals surface area (Å²) in [6.45, 7) is 8.91. The van der Waals surface area contributed by atoms with E-state index >= 15 is 0 Å². The van der Waals surface area contributed by atoms with Crippen LogP contribution in [0.4, 0.5) is 0 Å². The first-order chi connectivity index (χ1) is 14.1. The second kappa shape index (κ2) is 8.64. The maximum absolute atomic E-state index is 5.94. The van der Waals surface area contributed by atoms with Gasteiger partial charge >= 0.3 is 0 Å². The molecule has 0 atom stereocenters. The Morgan fingerprint density at radius 3 is 1.24 bits per heavy atom. The minimum atomic E-state index is 0.182. The van der Waals surface area contributed by atoms with Gasteiger partial charge in [0.25, 0.3) is 0 Å². The molecule has 0 radical (unpaired) electrons. The average molecular weight is 398 g/mol. The van der Waals surface area contributed by atoms with Gasteiger partial charge in [0.15, 0.2) is 0 Å². The zero-order valence-electron chi connectivity index (χ0n) is 17.3. The highest BCUT2D eigenvalue weighted by Gasteiger charge is 2.38. The highest BCUT2D eigenvalue weighted by molar-refractivity contribution is 5.37. The summed E-state index contributed by atoms with van der Waals surface area (Å²) >= 11 is 0. The van der Waals surface area contributed by atoms with Crippen LogP contribution in [0.15, 0.2) is 48.5 Å². The molecule has 0 spiro atoms. The van der Waals surface area contributed by atoms with Crippen LogP contribution in [0.5, 0.6) is 23.0 Å². The van der Waals surface area contributed by atoms with Gasteiger partial charge in [0.05, 0.1) is 50.5 Å². The summed E-state index contributed by atoms with van der Waals surface area (Å²) < 4.78 is 28.5. The Balaban J connectivity index is 1.26. The maximum Gasteiger partial charge on any atom is 0.127 e. The second-order valence-electron chi connectivity index (χ2n) is 8.31. The van der Waals surface area contributed by atoms with Gasteiger partial charge in [-0.05, 0) is 61.4 Å². The van der Waals surface area contributed by atoms with E-state index in [4.69, 9.17) is 23.7 Å². The number of hydrogen-bond acceptors (Lipinski definition) is 5. The summed E-state index contributed by atoms with van der Waals surface area (Å²) in [6.07, 6.45) is 2.14. The zero-order chi connectivity index (χ0) is 20.2. The standard InChI is InChI=1S/C24H30O5/c1-3-23(13-25-14-23)17-27-19-5-9-21(10-6-19)29-22-11-7-20(8-12-22)28-18-24(4-2)15-26-16-24/h5-12H,3-4,13-18H2,1-2H3. The largest absolute Gasteiger partial charge is 0.493 e. The van der Waals surface area contributed by atoms with Gasteiger partial charge in [-0.3, -0.25) is 0 Å². The molecule has 0 aliphatic carbocycles. The third-order valence-electron chi connectivity index (χ3n) is 6.11. The molecule has 0 amide bonds. The van der Waals surface area contributed by atoms with Crippen molar-refractivity contribution in [2.24, 2.45) is 10.8 Å². The molecule has 2 aromatic rings. The number of benzene rings is 2. The van der Waals surface area contributed by atoms with Gasteiger partial charge in [0, 0.05) is 0 Å². The summed E-state index contributed by atoms with van der Waals surface area (Å²) in [7, 11) is 0. The molecule has 0 N–H and O–H groups in total. The Morgan fingerprint density at radius 1 is 0.621 bits per heavy atom. The SMILES string of the molecule is CCC1(COc2ccc(Oc3ccc(OCC4(CC)COC4)cc3)cc2)COC1. The van der Waals surface area contributed by atoms with Gasteiger partial charge in [-0.1, -0.05) is 13.8 Å². The van der Waals surface area contributed by atoms with Gasteiger partial charge in [-0.2, -0.15) is 0 Å². The fourth-order valence-electron chi connectivity index (χ4n) is 3.38. The van der Waals surface area contributed by atoms with E-state index in [9.17, 15) is 0 Å². The molecular weight excluding hydrogens is 368 g/mol. The molecule has 2 saturated heterocycles. The molecule has 2 fully saturated rings. The summed E-state index contributed by atoms with van der Waals surface area (Å²) in [5.41, 5.74) is 0.364. The highest BCUT2D eigenvalue weighted by Crippen LogP contribution is 2.34. The molecule has 4 rings (SSSR count). The lowest BCUT2D eigenvalue weighted by molar-refractivity contribution is -0.133. The van der Waals surface area contributed by atoms with Gasteiger partial charge in [0.2, 0.25) is 0 Å². The molecule has 5 heteroatoms. The van der Waals surface area contributed by atoms with Crippen molar-refractivity contribution in [2.75, 3.05) is 39.6 Å². The predicted octanol–water partition coefficient (Wildman–Crippen LogP) is 5.09. The summed E-state index contributed by atoms with van der Waals surface area (Å²) in [4.78, 5) is 0.